The van der Waals surface area contributed by atoms with E-state index in [9.17, 15) is 23.1 Å². The molecule has 2 aromatic rings. The van der Waals surface area contributed by atoms with Gasteiger partial charge in [0.1, 0.15) is 0 Å². The first-order chi connectivity index (χ1) is 12.4. The lowest BCUT2D eigenvalue weighted by Gasteiger charge is -2.27. The van der Waals surface area contributed by atoms with Gasteiger partial charge in [-0.25, -0.2) is 4.79 Å². The van der Waals surface area contributed by atoms with Gasteiger partial charge in [0, 0.05) is 10.7 Å². The quantitative estimate of drug-likeness (QED) is 0.553. The van der Waals surface area contributed by atoms with Gasteiger partial charge in [-0.15, -0.1) is 0 Å². The van der Waals surface area contributed by atoms with Crippen molar-refractivity contribution in [2.24, 2.45) is 0 Å². The van der Waals surface area contributed by atoms with Crippen LogP contribution in [0.2, 0.25) is 10.0 Å². The predicted octanol–water partition coefficient (Wildman–Crippen LogP) is 5.24. The molecule has 0 fully saturated rings. The number of benzene rings is 1. The van der Waals surface area contributed by atoms with Gasteiger partial charge in [0.05, 0.1) is 28.0 Å². The highest BCUT2D eigenvalue weighted by Crippen LogP contribution is 2.42. The Kier molecular flexibility index (Phi) is 6.62. The van der Waals surface area contributed by atoms with Crippen LogP contribution in [0.15, 0.2) is 34.9 Å². The van der Waals surface area contributed by atoms with Crippen molar-refractivity contribution in [2.45, 2.75) is 25.2 Å². The molecule has 0 spiro atoms. The maximum Gasteiger partial charge on any atom is 0.421 e. The van der Waals surface area contributed by atoms with Crippen molar-refractivity contribution < 1.29 is 23.1 Å². The average Bonchev–Trinajstić information content (AvgIpc) is 2.56. The molecule has 27 heavy (non-hydrogen) atoms. The van der Waals surface area contributed by atoms with Crippen LogP contribution in [0.3, 0.4) is 0 Å². The highest BCUT2D eigenvalue weighted by atomic mass is 79.9. The molecule has 2 rings (SSSR count). The number of rotatable bonds is 4. The van der Waals surface area contributed by atoms with E-state index in [0.29, 0.717) is 12.6 Å². The number of carbonyl (C=O) groups is 1. The van der Waals surface area contributed by atoms with Crippen LogP contribution < -0.4 is 10.6 Å². The van der Waals surface area contributed by atoms with Crippen LogP contribution in [0.25, 0.3) is 0 Å². The second-order valence-electron chi connectivity index (χ2n) is 5.66. The lowest BCUT2D eigenvalue weighted by Crippen LogP contribution is -2.39. The molecule has 1 aromatic carbocycles. The molecule has 1 atom stereocenters. The number of nitrogens with one attached hydrogen (secondary N) is 2. The molecule has 1 unspecified atom stereocenters. The molecule has 146 valence electrons. The van der Waals surface area contributed by atoms with Gasteiger partial charge in [-0.2, -0.15) is 13.2 Å². The first-order valence-corrected chi connectivity index (χ1v) is 8.90. The molecule has 11 heteroatoms. The topological polar surface area (TPSA) is 74.2 Å². The minimum atomic E-state index is -4.93. The molecule has 2 amide bonds. The molecule has 0 saturated heterocycles. The summed E-state index contributed by atoms with van der Waals surface area (Å²) in [5, 5.41) is 14.1. The number of urea groups is 1. The molecular formula is C16H13BrCl2F3N3O2. The van der Waals surface area contributed by atoms with E-state index in [1.165, 1.54) is 0 Å². The van der Waals surface area contributed by atoms with Gasteiger partial charge in [-0.1, -0.05) is 23.2 Å². The molecule has 1 aromatic heterocycles. The lowest BCUT2D eigenvalue weighted by atomic mass is 9.95. The zero-order valence-corrected chi connectivity index (χ0v) is 16.8. The summed E-state index contributed by atoms with van der Waals surface area (Å²) in [6, 6.07) is 4.55. The van der Waals surface area contributed by atoms with Crippen molar-refractivity contribution >= 4 is 50.9 Å². The predicted molar refractivity (Wildman–Crippen MR) is 99.9 cm³/mol. The van der Waals surface area contributed by atoms with Crippen LogP contribution in [0.4, 0.5) is 23.7 Å². The number of alkyl halides is 3. The summed E-state index contributed by atoms with van der Waals surface area (Å²) >= 11 is 15.1. The Balaban J connectivity index is 2.12. The van der Waals surface area contributed by atoms with Gasteiger partial charge in [0.25, 0.3) is 0 Å². The average molecular weight is 487 g/mol. The molecule has 1 heterocycles. The Bertz CT molecular complexity index is 823. The maximum absolute atomic E-state index is 13.0. The van der Waals surface area contributed by atoms with Crippen molar-refractivity contribution in [3.8, 4) is 0 Å². The summed E-state index contributed by atoms with van der Waals surface area (Å²) in [5.41, 5.74) is -3.19. The molecule has 3 N–H and O–H groups in total. The molecule has 0 bridgehead atoms. The molecule has 0 aliphatic heterocycles. The molecule has 0 radical (unpaired) electrons. The van der Waals surface area contributed by atoms with Crippen LogP contribution in [-0.4, -0.2) is 22.3 Å². The summed E-state index contributed by atoms with van der Waals surface area (Å²) in [7, 11) is 0. The van der Waals surface area contributed by atoms with Gasteiger partial charge in [-0.05, 0) is 52.7 Å². The molecule has 0 aliphatic rings. The van der Waals surface area contributed by atoms with E-state index in [4.69, 9.17) is 23.2 Å². The first-order valence-electron chi connectivity index (χ1n) is 7.35. The van der Waals surface area contributed by atoms with Gasteiger partial charge in [0.15, 0.2) is 5.60 Å². The number of hydrogen-bond donors (Lipinski definition) is 3. The van der Waals surface area contributed by atoms with E-state index in [2.05, 4.69) is 31.5 Å². The number of pyridine rings is 1. The summed E-state index contributed by atoms with van der Waals surface area (Å²) in [5.74, 6) is 0. The number of aliphatic hydroxyl groups is 1. The van der Waals surface area contributed by atoms with Crippen molar-refractivity contribution in [2.75, 3.05) is 5.32 Å². The monoisotopic (exact) mass is 485 g/mol. The first kappa shape index (κ1) is 21.7. The third kappa shape index (κ3) is 5.25. The van der Waals surface area contributed by atoms with Crippen LogP contribution in [0.5, 0.6) is 0 Å². The van der Waals surface area contributed by atoms with E-state index < -0.39 is 23.4 Å². The Hall–Kier alpha value is -1.55. The molecule has 0 saturated carbocycles. The van der Waals surface area contributed by atoms with Crippen molar-refractivity contribution in [3.63, 3.8) is 0 Å². The standard InChI is InChI=1S/C16H13BrCl2F3N3O2/c1-15(27,16(20,21)22)8-4-11(18)13(12(19)5-8)25-14(26)24-7-10-3-2-9(17)6-23-10/h2-6,27H,7H2,1H3,(H2,24,25,26). The number of nitrogens with zero attached hydrogens (tertiary/aromatic N) is 1. The second-order valence-corrected chi connectivity index (χ2v) is 7.39. The van der Waals surface area contributed by atoms with E-state index in [1.807, 2.05) is 0 Å². The fourth-order valence-electron chi connectivity index (χ4n) is 1.98. The number of amides is 2. The highest BCUT2D eigenvalue weighted by molar-refractivity contribution is 9.10. The number of aromatic nitrogens is 1. The van der Waals surface area contributed by atoms with Crippen LogP contribution in [0.1, 0.15) is 18.2 Å². The Labute approximate surface area is 171 Å². The largest absolute Gasteiger partial charge is 0.421 e. The Morgan fingerprint density at radius 3 is 2.33 bits per heavy atom. The summed E-state index contributed by atoms with van der Waals surface area (Å²) < 4.78 is 39.6. The van der Waals surface area contributed by atoms with Gasteiger partial charge >= 0.3 is 12.2 Å². The molecular weight excluding hydrogens is 474 g/mol. The van der Waals surface area contributed by atoms with Crippen LogP contribution in [0, 0.1) is 0 Å². The molecule has 5 nitrogen and oxygen atoms in total. The fourth-order valence-corrected chi connectivity index (χ4v) is 2.79. The maximum atomic E-state index is 13.0. The normalized spacial score (nSPS) is 13.8. The number of halogens is 6. The Morgan fingerprint density at radius 1 is 1.26 bits per heavy atom. The van der Waals surface area contributed by atoms with Gasteiger partial charge in [-0.3, -0.25) is 4.98 Å². The molecule has 0 aliphatic carbocycles. The number of carbonyl (C=O) groups excluding carboxylic acids is 1. The Morgan fingerprint density at radius 2 is 1.85 bits per heavy atom. The summed E-state index contributed by atoms with van der Waals surface area (Å²) in [4.78, 5) is 16.1. The smallest absolute Gasteiger partial charge is 0.376 e. The zero-order valence-electron chi connectivity index (χ0n) is 13.7. The third-order valence-corrected chi connectivity index (χ3v) is 4.68. The minimum absolute atomic E-state index is 0.0821. The van der Waals surface area contributed by atoms with E-state index in [1.54, 1.807) is 18.3 Å². The number of anilines is 1. The summed E-state index contributed by atoms with van der Waals surface area (Å²) in [6.45, 7) is 0.690. The van der Waals surface area contributed by atoms with E-state index in [-0.39, 0.29) is 22.3 Å². The van der Waals surface area contributed by atoms with Crippen molar-refractivity contribution in [3.05, 3.63) is 56.2 Å². The van der Waals surface area contributed by atoms with Crippen molar-refractivity contribution in [1.82, 2.24) is 10.3 Å². The number of hydrogen-bond acceptors (Lipinski definition) is 3. The highest BCUT2D eigenvalue weighted by Gasteiger charge is 2.51. The van der Waals surface area contributed by atoms with Gasteiger partial charge in [0.2, 0.25) is 0 Å². The second kappa shape index (κ2) is 8.22. The fraction of sp³-hybridized carbons (Fsp3) is 0.250. The van der Waals surface area contributed by atoms with Crippen LogP contribution >= 0.6 is 39.1 Å². The third-order valence-electron chi connectivity index (χ3n) is 3.61. The summed E-state index contributed by atoms with van der Waals surface area (Å²) in [6.07, 6.45) is -3.36. The zero-order chi connectivity index (χ0) is 20.4. The van der Waals surface area contributed by atoms with E-state index in [0.717, 1.165) is 16.6 Å². The van der Waals surface area contributed by atoms with E-state index >= 15 is 0 Å². The van der Waals surface area contributed by atoms with Crippen LogP contribution in [-0.2, 0) is 12.1 Å². The minimum Gasteiger partial charge on any atom is -0.376 e. The van der Waals surface area contributed by atoms with Gasteiger partial charge < -0.3 is 15.7 Å². The van der Waals surface area contributed by atoms with Crippen molar-refractivity contribution in [1.29, 1.82) is 0 Å². The lowest BCUT2D eigenvalue weighted by molar-refractivity contribution is -0.258. The SMILES string of the molecule is CC(O)(c1cc(Cl)c(NC(=O)NCc2ccc(Br)cn2)c(Cl)c1)C(F)(F)F.